The van der Waals surface area contributed by atoms with Gasteiger partial charge in [-0.15, -0.1) is 0 Å². The van der Waals surface area contributed by atoms with E-state index < -0.39 is 5.95 Å². The first-order valence-corrected chi connectivity index (χ1v) is 14.0. The normalized spacial score (nSPS) is 13.5. The Labute approximate surface area is 95.5 Å². The summed E-state index contributed by atoms with van der Waals surface area (Å²) in [6, 6.07) is 0. The number of halogens is 1. The number of rotatable bonds is 4. The third-order valence-electron chi connectivity index (χ3n) is 2.54. The van der Waals surface area contributed by atoms with Gasteiger partial charge in [0, 0.05) is 0 Å². The molecule has 0 unspecified atom stereocenters. The van der Waals surface area contributed by atoms with Gasteiger partial charge in [-0.25, -0.2) is 0 Å². The van der Waals surface area contributed by atoms with Crippen LogP contribution in [0.5, 0.6) is 0 Å². The Morgan fingerprint density at radius 3 is 1.08 bits per heavy atom. The van der Waals surface area contributed by atoms with Crippen molar-refractivity contribution >= 4 is 37.6 Å². The number of hydrogen-bond acceptors (Lipinski definition) is 0. The molecule has 74 valence electrons. The van der Waals surface area contributed by atoms with E-state index in [0.717, 1.165) is 28.2 Å². The molecule has 0 aromatic carbocycles. The van der Waals surface area contributed by atoms with E-state index in [1.807, 2.05) is 0 Å². The van der Waals surface area contributed by atoms with Gasteiger partial charge in [-0.05, 0) is 0 Å². The summed E-state index contributed by atoms with van der Waals surface area (Å²) in [5, 5.41) is 0. The zero-order valence-corrected chi connectivity index (χ0v) is 13.7. The van der Waals surface area contributed by atoms with Gasteiger partial charge in [0.25, 0.3) is 0 Å². The first-order chi connectivity index (χ1) is 5.39. The van der Waals surface area contributed by atoms with Crippen LogP contribution >= 0.6 is 26.3 Å². The van der Waals surface area contributed by atoms with Gasteiger partial charge in [0.05, 0.1) is 0 Å². The Balaban J connectivity index is 4.77. The van der Waals surface area contributed by atoms with E-state index in [1.54, 1.807) is 0 Å². The quantitative estimate of drug-likeness (QED) is 0.398. The Kier molecular flexibility index (Phi) is 6.31. The summed E-state index contributed by atoms with van der Waals surface area (Å²) < 4.78 is 0. The molecule has 0 N–H and O–H groups in total. The van der Waals surface area contributed by atoms with Crippen LogP contribution in [0.3, 0.4) is 0 Å². The molecule has 0 rings (SSSR count). The molecule has 0 atom stereocenters. The first-order valence-electron chi connectivity index (χ1n) is 4.58. The summed E-state index contributed by atoms with van der Waals surface area (Å²) in [6.07, 6.45) is 0. The molecule has 0 radical (unpaired) electrons. The zero-order valence-electron chi connectivity index (χ0n) is 8.97. The van der Waals surface area contributed by atoms with Crippen molar-refractivity contribution in [3.05, 3.63) is 0 Å². The molecule has 0 aliphatic rings. The van der Waals surface area contributed by atoms with Crippen molar-refractivity contribution in [2.75, 3.05) is 0 Å². The predicted molar refractivity (Wildman–Crippen MR) is 72.1 cm³/mol. The van der Waals surface area contributed by atoms with Crippen molar-refractivity contribution in [2.45, 2.75) is 58.5 Å². The van der Waals surface area contributed by atoms with Gasteiger partial charge in [-0.3, -0.25) is 0 Å². The van der Waals surface area contributed by atoms with E-state index >= 15 is 0 Å². The molecule has 0 amide bonds. The summed E-state index contributed by atoms with van der Waals surface area (Å²) >= 11 is 3.49. The molecule has 0 aromatic heterocycles. The zero-order chi connectivity index (χ0) is 9.94. The molecule has 0 nitrogen and oxygen atoms in total. The summed E-state index contributed by atoms with van der Waals surface area (Å²) in [7, 11) is 0. The molecule has 0 aromatic rings. The van der Waals surface area contributed by atoms with Crippen LogP contribution < -0.4 is 0 Å². The molecular weight excluding hydrogens is 345 g/mol. The minimum absolute atomic E-state index is 0.644. The second kappa shape index (κ2) is 5.53. The van der Waals surface area contributed by atoms with Crippen molar-refractivity contribution in [1.82, 2.24) is 0 Å². The molecule has 0 saturated heterocycles. The monoisotopic (exact) mass is 367 g/mol. The third kappa shape index (κ3) is 2.59. The van der Waals surface area contributed by atoms with Gasteiger partial charge >= 0.3 is 96.1 Å². The predicted octanol–water partition coefficient (Wildman–Crippen LogP) is 4.20. The van der Waals surface area contributed by atoms with E-state index in [2.05, 4.69) is 61.9 Å². The maximum absolute atomic E-state index is 2.66. The molecule has 0 aliphatic heterocycles. The van der Waals surface area contributed by atoms with Crippen LogP contribution in [-0.2, 0) is 0 Å². The molecule has 0 spiro atoms. The van der Waals surface area contributed by atoms with E-state index in [0.29, 0.717) is 0 Å². The molecule has 3 heteroatoms. The molecular formula is C9H21IPSe+. The fraction of sp³-hybridized carbons (Fsp3) is 1.00. The van der Waals surface area contributed by atoms with Gasteiger partial charge in [-0.2, -0.15) is 0 Å². The Bertz CT molecular complexity index is 113. The Morgan fingerprint density at radius 1 is 0.833 bits per heavy atom. The molecule has 12 heavy (non-hydrogen) atoms. The SMILES string of the molecule is CC(C)[P+]([Se]I)(C(C)C)C(C)C. The second-order valence-corrected chi connectivity index (χ2v) is 19.9. The molecule has 0 bridgehead atoms. The van der Waals surface area contributed by atoms with Crippen LogP contribution in [-0.4, -0.2) is 28.2 Å². The Hall–Kier alpha value is 1.68. The van der Waals surface area contributed by atoms with E-state index in [4.69, 9.17) is 0 Å². The van der Waals surface area contributed by atoms with Crippen LogP contribution in [0.2, 0.25) is 0 Å². The van der Waals surface area contributed by atoms with Crippen LogP contribution in [0, 0.1) is 0 Å². The second-order valence-electron chi connectivity index (χ2n) is 4.11. The Morgan fingerprint density at radius 2 is 1.08 bits per heavy atom. The summed E-state index contributed by atoms with van der Waals surface area (Å²) in [6.45, 7) is 14.5. The molecule has 0 saturated carbocycles. The molecule has 0 aliphatic carbocycles. The van der Waals surface area contributed by atoms with Crippen molar-refractivity contribution in [3.63, 3.8) is 0 Å². The third-order valence-corrected chi connectivity index (χ3v) is 27.7. The fourth-order valence-electron chi connectivity index (χ4n) is 2.03. The summed E-state index contributed by atoms with van der Waals surface area (Å²) in [5.41, 5.74) is 2.78. The average molecular weight is 366 g/mol. The van der Waals surface area contributed by atoms with Crippen LogP contribution in [0.15, 0.2) is 0 Å². The van der Waals surface area contributed by atoms with Crippen LogP contribution in [0.1, 0.15) is 41.5 Å². The van der Waals surface area contributed by atoms with Crippen molar-refractivity contribution in [3.8, 4) is 0 Å². The van der Waals surface area contributed by atoms with Gasteiger partial charge in [0.1, 0.15) is 0 Å². The topological polar surface area (TPSA) is 0 Å². The van der Waals surface area contributed by atoms with Crippen molar-refractivity contribution in [1.29, 1.82) is 0 Å². The molecule has 0 heterocycles. The van der Waals surface area contributed by atoms with Crippen molar-refractivity contribution < 1.29 is 0 Å². The van der Waals surface area contributed by atoms with Crippen LogP contribution in [0.25, 0.3) is 0 Å². The fourth-order valence-corrected chi connectivity index (χ4v) is 30.4. The van der Waals surface area contributed by atoms with Crippen LogP contribution in [0.4, 0.5) is 0 Å². The van der Waals surface area contributed by atoms with E-state index in [1.165, 1.54) is 0 Å². The van der Waals surface area contributed by atoms with E-state index in [9.17, 15) is 0 Å². The van der Waals surface area contributed by atoms with Crippen molar-refractivity contribution in [2.24, 2.45) is 0 Å². The van der Waals surface area contributed by atoms with Gasteiger partial charge in [-0.1, -0.05) is 0 Å². The molecule has 0 fully saturated rings. The summed E-state index contributed by atoms with van der Waals surface area (Å²) in [4.78, 5) is 0. The standard InChI is InChI=1S/C9H21IPSe/c1-7(2)11(12-10,8(3)4)9(5)6/h7-9H,1-6H3/q+1. The average Bonchev–Trinajstić information content (AvgIpc) is 1.86. The van der Waals surface area contributed by atoms with E-state index in [-0.39, 0.29) is 0 Å². The van der Waals surface area contributed by atoms with Gasteiger partial charge in [0.15, 0.2) is 0 Å². The maximum atomic E-state index is 2.66. The van der Waals surface area contributed by atoms with Gasteiger partial charge in [0.2, 0.25) is 0 Å². The number of hydrogen-bond donors (Lipinski definition) is 0. The first kappa shape index (κ1) is 13.7. The summed E-state index contributed by atoms with van der Waals surface area (Å²) in [5.74, 6) is -0.644. The van der Waals surface area contributed by atoms with Gasteiger partial charge < -0.3 is 0 Å². The minimum atomic E-state index is -0.644.